The van der Waals surface area contributed by atoms with Crippen molar-refractivity contribution in [3.63, 3.8) is 0 Å². The highest BCUT2D eigenvalue weighted by molar-refractivity contribution is 7.92. The fourth-order valence-electron chi connectivity index (χ4n) is 3.24. The number of benzene rings is 1. The molecular weight excluding hydrogens is 510 g/mol. The summed E-state index contributed by atoms with van der Waals surface area (Å²) in [5.74, 6) is 0.622. The summed E-state index contributed by atoms with van der Waals surface area (Å²) < 4.78 is 46.4. The average Bonchev–Trinajstić information content (AvgIpc) is 2.93. The Bertz CT molecular complexity index is 1480. The van der Waals surface area contributed by atoms with Crippen LogP contribution in [0.4, 0.5) is 5.82 Å². The number of anilines is 1. The molecule has 0 bridgehead atoms. The van der Waals surface area contributed by atoms with Crippen molar-refractivity contribution in [3.05, 3.63) is 66.6 Å². The number of sulfonamides is 1. The number of nitrogens with two attached hydrogens (primary N) is 1. The van der Waals surface area contributed by atoms with E-state index in [0.717, 1.165) is 5.56 Å². The molecule has 0 radical (unpaired) electrons. The van der Waals surface area contributed by atoms with E-state index >= 15 is 0 Å². The van der Waals surface area contributed by atoms with Crippen LogP contribution < -0.4 is 24.7 Å². The highest BCUT2D eigenvalue weighted by Crippen LogP contribution is 2.41. The molecule has 0 amide bonds. The molecule has 198 valence electrons. The first-order valence-corrected chi connectivity index (χ1v) is 13.1. The van der Waals surface area contributed by atoms with Gasteiger partial charge in [-0.3, -0.25) is 4.72 Å². The Morgan fingerprint density at radius 3 is 2.32 bits per heavy atom. The molecule has 4 rings (SSSR count). The molecule has 0 spiro atoms. The van der Waals surface area contributed by atoms with Crippen LogP contribution in [0.3, 0.4) is 0 Å². The molecule has 3 aromatic heterocycles. The van der Waals surface area contributed by atoms with Gasteiger partial charge in [-0.15, -0.1) is 0 Å². The number of para-hydroxylation sites is 2. The molecule has 3 N–H and O–H groups in total. The molecule has 12 nitrogen and oxygen atoms in total. The lowest BCUT2D eigenvalue weighted by Crippen LogP contribution is -2.18. The Kier molecular flexibility index (Phi) is 8.28. The molecule has 0 aliphatic heterocycles. The van der Waals surface area contributed by atoms with E-state index in [4.69, 9.17) is 19.9 Å². The Morgan fingerprint density at radius 1 is 0.947 bits per heavy atom. The van der Waals surface area contributed by atoms with Crippen molar-refractivity contribution in [2.75, 3.05) is 25.0 Å². The second-order valence-electron chi connectivity index (χ2n) is 8.18. The average molecular weight is 538 g/mol. The highest BCUT2D eigenvalue weighted by Gasteiger charge is 2.26. The van der Waals surface area contributed by atoms with Gasteiger partial charge in [0.1, 0.15) is 6.61 Å². The minimum atomic E-state index is -4.21. The first kappa shape index (κ1) is 26.7. The van der Waals surface area contributed by atoms with Crippen LogP contribution in [-0.2, 0) is 10.0 Å². The number of rotatable bonds is 11. The fraction of sp³-hybridized carbons (Fsp3) is 0.240. The van der Waals surface area contributed by atoms with E-state index in [1.165, 1.54) is 31.8 Å². The number of aromatic nitrogens is 5. The van der Waals surface area contributed by atoms with Crippen LogP contribution in [0.1, 0.15) is 25.3 Å². The van der Waals surface area contributed by atoms with E-state index in [2.05, 4.69) is 29.6 Å². The molecule has 0 aliphatic rings. The van der Waals surface area contributed by atoms with Crippen LogP contribution in [0.15, 0.2) is 66.1 Å². The molecule has 4 aromatic rings. The molecule has 0 aliphatic carbocycles. The maximum atomic E-state index is 13.4. The summed E-state index contributed by atoms with van der Waals surface area (Å²) in [5, 5.41) is -0.203. The van der Waals surface area contributed by atoms with Crippen LogP contribution in [0.25, 0.3) is 11.6 Å². The van der Waals surface area contributed by atoms with E-state index in [1.807, 2.05) is 13.8 Å². The standard InChI is InChI=1S/C25H27N7O5S/c1-16(2)17-9-10-20(29-15-17)38(33,34)32-22-21(37-19-8-5-4-7-18(19)35-3)25(36-14-11-26)31-24(30-22)23-27-12-6-13-28-23/h4-10,12-13,15-16H,11,14,26H2,1-3H3,(H,30,31,32). The summed E-state index contributed by atoms with van der Waals surface area (Å²) in [6, 6.07) is 11.6. The molecule has 0 unspecified atom stereocenters. The number of hydrogen-bond donors (Lipinski definition) is 2. The van der Waals surface area contributed by atoms with Crippen molar-refractivity contribution < 1.29 is 22.6 Å². The van der Waals surface area contributed by atoms with Crippen molar-refractivity contribution >= 4 is 15.8 Å². The molecule has 3 heterocycles. The number of methoxy groups -OCH3 is 1. The quantitative estimate of drug-likeness (QED) is 0.288. The molecule has 0 atom stereocenters. The lowest BCUT2D eigenvalue weighted by Gasteiger charge is -2.18. The number of nitrogens with one attached hydrogen (secondary N) is 1. The molecule has 0 fully saturated rings. The van der Waals surface area contributed by atoms with Crippen molar-refractivity contribution in [2.45, 2.75) is 24.8 Å². The second kappa shape index (κ2) is 11.8. The summed E-state index contributed by atoms with van der Waals surface area (Å²) in [6.45, 7) is 4.21. The van der Waals surface area contributed by atoms with Crippen LogP contribution >= 0.6 is 0 Å². The van der Waals surface area contributed by atoms with E-state index in [0.29, 0.717) is 5.75 Å². The van der Waals surface area contributed by atoms with E-state index in [-0.39, 0.29) is 58.9 Å². The topological polar surface area (TPSA) is 164 Å². The minimum absolute atomic E-state index is 0.00538. The molecule has 1 aromatic carbocycles. The largest absolute Gasteiger partial charge is 0.493 e. The van der Waals surface area contributed by atoms with Crippen molar-refractivity contribution in [3.8, 4) is 34.8 Å². The monoisotopic (exact) mass is 537 g/mol. The Morgan fingerprint density at radius 2 is 1.68 bits per heavy atom. The van der Waals surface area contributed by atoms with Gasteiger partial charge in [0.25, 0.3) is 15.9 Å². The molecule has 0 saturated heterocycles. The van der Waals surface area contributed by atoms with Gasteiger partial charge in [-0.05, 0) is 35.7 Å². The normalized spacial score (nSPS) is 11.3. The molecular formula is C25H27N7O5S. The summed E-state index contributed by atoms with van der Waals surface area (Å²) in [4.78, 5) is 21.3. The van der Waals surface area contributed by atoms with Crippen LogP contribution in [-0.4, -0.2) is 53.6 Å². The number of pyridine rings is 1. The van der Waals surface area contributed by atoms with Gasteiger partial charge < -0.3 is 19.9 Å². The maximum absolute atomic E-state index is 13.4. The Hall–Kier alpha value is -4.36. The van der Waals surface area contributed by atoms with Gasteiger partial charge >= 0.3 is 0 Å². The Labute approximate surface area is 220 Å². The zero-order chi connectivity index (χ0) is 27.1. The Balaban J connectivity index is 1.85. The first-order chi connectivity index (χ1) is 18.3. The zero-order valence-electron chi connectivity index (χ0n) is 21.0. The number of nitrogens with zero attached hydrogens (tertiary/aromatic N) is 5. The number of hydrogen-bond acceptors (Lipinski definition) is 11. The maximum Gasteiger partial charge on any atom is 0.280 e. The SMILES string of the molecule is COc1ccccc1Oc1c(NS(=O)(=O)c2ccc(C(C)C)cn2)nc(-c2ncccn2)nc1OCCN. The van der Waals surface area contributed by atoms with Gasteiger partial charge in [0.2, 0.25) is 11.6 Å². The van der Waals surface area contributed by atoms with E-state index in [9.17, 15) is 8.42 Å². The van der Waals surface area contributed by atoms with Crippen molar-refractivity contribution in [1.29, 1.82) is 0 Å². The van der Waals surface area contributed by atoms with Gasteiger partial charge in [0, 0.05) is 25.1 Å². The summed E-state index contributed by atoms with van der Waals surface area (Å²) in [7, 11) is -2.72. The molecule has 13 heteroatoms. The third-order valence-electron chi connectivity index (χ3n) is 5.17. The minimum Gasteiger partial charge on any atom is -0.493 e. The van der Waals surface area contributed by atoms with Crippen molar-refractivity contribution in [1.82, 2.24) is 24.9 Å². The van der Waals surface area contributed by atoms with E-state index < -0.39 is 10.0 Å². The zero-order valence-corrected chi connectivity index (χ0v) is 21.8. The summed E-state index contributed by atoms with van der Waals surface area (Å²) >= 11 is 0. The van der Waals surface area contributed by atoms with E-state index in [1.54, 1.807) is 36.4 Å². The smallest absolute Gasteiger partial charge is 0.280 e. The predicted molar refractivity (Wildman–Crippen MR) is 140 cm³/mol. The van der Waals surface area contributed by atoms with Crippen molar-refractivity contribution in [2.24, 2.45) is 5.73 Å². The number of ether oxygens (including phenoxy) is 3. The molecule has 38 heavy (non-hydrogen) atoms. The van der Waals surface area contributed by atoms with Gasteiger partial charge in [-0.2, -0.15) is 13.4 Å². The third kappa shape index (κ3) is 6.12. The summed E-state index contributed by atoms with van der Waals surface area (Å²) in [5.41, 5.74) is 6.54. The third-order valence-corrected chi connectivity index (χ3v) is 6.42. The second-order valence-corrected chi connectivity index (χ2v) is 9.81. The first-order valence-electron chi connectivity index (χ1n) is 11.6. The lowest BCUT2D eigenvalue weighted by molar-refractivity contribution is 0.296. The summed E-state index contributed by atoms with van der Waals surface area (Å²) in [6.07, 6.45) is 4.54. The lowest BCUT2D eigenvalue weighted by atomic mass is 10.1. The van der Waals surface area contributed by atoms with Crippen LogP contribution in [0.5, 0.6) is 23.1 Å². The van der Waals surface area contributed by atoms with Gasteiger partial charge in [0.15, 0.2) is 28.2 Å². The van der Waals surface area contributed by atoms with Crippen LogP contribution in [0, 0.1) is 0 Å². The molecule has 0 saturated carbocycles. The van der Waals surface area contributed by atoms with Gasteiger partial charge in [-0.1, -0.05) is 32.0 Å². The van der Waals surface area contributed by atoms with Crippen LogP contribution in [0.2, 0.25) is 0 Å². The van der Waals surface area contributed by atoms with Gasteiger partial charge in [0.05, 0.1) is 7.11 Å². The fourth-order valence-corrected chi connectivity index (χ4v) is 4.18. The van der Waals surface area contributed by atoms with Gasteiger partial charge in [-0.25, -0.2) is 19.9 Å². The highest BCUT2D eigenvalue weighted by atomic mass is 32.2. The predicted octanol–water partition coefficient (Wildman–Crippen LogP) is 3.39.